The van der Waals surface area contributed by atoms with Gasteiger partial charge in [-0.2, -0.15) is 0 Å². The Bertz CT molecular complexity index is 462. The maximum absolute atomic E-state index is 12.9. The van der Waals surface area contributed by atoms with Gasteiger partial charge in [0, 0.05) is 19.5 Å². The highest BCUT2D eigenvalue weighted by atomic mass is 35.5. The van der Waals surface area contributed by atoms with Crippen LogP contribution in [0, 0.1) is 11.7 Å². The quantitative estimate of drug-likeness (QED) is 0.870. The van der Waals surface area contributed by atoms with E-state index < -0.39 is 6.10 Å². The number of carbonyl (C=O) groups is 1. The van der Waals surface area contributed by atoms with Crippen LogP contribution in [-0.4, -0.2) is 35.5 Å². The molecule has 0 aromatic heterocycles. The Morgan fingerprint density at radius 2 is 1.91 bits per heavy atom. The van der Waals surface area contributed by atoms with Crippen LogP contribution in [0.5, 0.6) is 0 Å². The largest absolute Gasteiger partial charge is 0.388 e. The number of carbonyl (C=O) groups excluding carboxylic acids is 1. The summed E-state index contributed by atoms with van der Waals surface area (Å²) >= 11 is 0. The van der Waals surface area contributed by atoms with Crippen molar-refractivity contribution in [3.8, 4) is 0 Å². The van der Waals surface area contributed by atoms with Gasteiger partial charge in [-0.3, -0.25) is 4.79 Å². The summed E-state index contributed by atoms with van der Waals surface area (Å²) in [6.45, 7) is 1.88. The number of nitrogens with two attached hydrogens (primary N) is 1. The minimum atomic E-state index is -0.591. The van der Waals surface area contributed by atoms with E-state index in [0.717, 1.165) is 24.8 Å². The summed E-state index contributed by atoms with van der Waals surface area (Å²) in [5, 5.41) is 10.4. The molecule has 0 radical (unpaired) electrons. The first kappa shape index (κ1) is 18.9. The fourth-order valence-electron chi connectivity index (χ4n) is 2.81. The van der Waals surface area contributed by atoms with Crippen LogP contribution in [0.4, 0.5) is 4.39 Å². The van der Waals surface area contributed by atoms with Gasteiger partial charge >= 0.3 is 0 Å². The van der Waals surface area contributed by atoms with Crippen LogP contribution in [0.1, 0.15) is 37.4 Å². The fraction of sp³-hybridized carbons (Fsp3) is 0.562. The fourth-order valence-corrected chi connectivity index (χ4v) is 2.81. The SMILES string of the molecule is Cl.NCCCC(=O)N1CCC(C(O)c2ccc(F)cc2)CC1. The molecule has 1 aliphatic rings. The average molecular weight is 331 g/mol. The van der Waals surface area contributed by atoms with Crippen LogP contribution in [0.3, 0.4) is 0 Å². The van der Waals surface area contributed by atoms with E-state index in [1.165, 1.54) is 12.1 Å². The molecular weight excluding hydrogens is 307 g/mol. The maximum atomic E-state index is 12.9. The first-order chi connectivity index (χ1) is 10.1. The van der Waals surface area contributed by atoms with Gasteiger partial charge in [-0.1, -0.05) is 12.1 Å². The monoisotopic (exact) mass is 330 g/mol. The summed E-state index contributed by atoms with van der Waals surface area (Å²) in [5.41, 5.74) is 6.15. The molecule has 1 atom stereocenters. The molecule has 22 heavy (non-hydrogen) atoms. The number of hydrogen-bond donors (Lipinski definition) is 2. The Labute approximate surface area is 136 Å². The second-order valence-corrected chi connectivity index (χ2v) is 5.61. The lowest BCUT2D eigenvalue weighted by Crippen LogP contribution is -2.39. The topological polar surface area (TPSA) is 66.6 Å². The zero-order valence-electron chi connectivity index (χ0n) is 12.6. The molecule has 1 aliphatic heterocycles. The molecule has 4 nitrogen and oxygen atoms in total. The highest BCUT2D eigenvalue weighted by Crippen LogP contribution is 2.30. The molecule has 2 rings (SSSR count). The Morgan fingerprint density at radius 1 is 1.32 bits per heavy atom. The first-order valence-electron chi connectivity index (χ1n) is 7.53. The second kappa shape index (κ2) is 9.08. The summed E-state index contributed by atoms with van der Waals surface area (Å²) < 4.78 is 12.9. The number of hydrogen-bond acceptors (Lipinski definition) is 3. The van der Waals surface area contributed by atoms with Crippen LogP contribution >= 0.6 is 12.4 Å². The van der Waals surface area contributed by atoms with E-state index in [-0.39, 0.29) is 30.0 Å². The summed E-state index contributed by atoms with van der Waals surface area (Å²) in [4.78, 5) is 13.8. The van der Waals surface area contributed by atoms with E-state index in [0.29, 0.717) is 26.1 Å². The van der Waals surface area contributed by atoms with Crippen molar-refractivity contribution in [3.05, 3.63) is 35.6 Å². The van der Waals surface area contributed by atoms with Crippen molar-refractivity contribution in [1.82, 2.24) is 4.90 Å². The van der Waals surface area contributed by atoms with E-state index in [2.05, 4.69) is 0 Å². The molecular formula is C16H24ClFN2O2. The van der Waals surface area contributed by atoms with Crippen LogP contribution < -0.4 is 5.73 Å². The van der Waals surface area contributed by atoms with Gasteiger partial charge in [-0.15, -0.1) is 12.4 Å². The lowest BCUT2D eigenvalue weighted by Gasteiger charge is -2.34. The molecule has 1 aromatic carbocycles. The predicted octanol–water partition coefficient (Wildman–Crippen LogP) is 2.26. The van der Waals surface area contributed by atoms with Gasteiger partial charge in [0.15, 0.2) is 0 Å². The number of halogens is 2. The standard InChI is InChI=1S/C16H23FN2O2.ClH/c17-14-5-3-12(4-6-14)16(21)13-7-10-19(11-8-13)15(20)2-1-9-18;/h3-6,13,16,21H,1-2,7-11,18H2;1H. The van der Waals surface area contributed by atoms with E-state index >= 15 is 0 Å². The Balaban J connectivity index is 0.00000242. The molecule has 3 N–H and O–H groups in total. The molecule has 6 heteroatoms. The van der Waals surface area contributed by atoms with Gasteiger partial charge in [0.25, 0.3) is 0 Å². The Kier molecular flexibility index (Phi) is 7.79. The predicted molar refractivity (Wildman–Crippen MR) is 86.2 cm³/mol. The minimum absolute atomic E-state index is 0. The van der Waals surface area contributed by atoms with Crippen molar-refractivity contribution in [1.29, 1.82) is 0 Å². The van der Waals surface area contributed by atoms with Crippen LogP contribution in [0.25, 0.3) is 0 Å². The van der Waals surface area contributed by atoms with Gasteiger partial charge in [0.1, 0.15) is 5.82 Å². The summed E-state index contributed by atoms with van der Waals surface area (Å²) in [5.74, 6) is -0.0320. The third kappa shape index (κ3) is 4.93. The number of benzene rings is 1. The Morgan fingerprint density at radius 3 is 2.45 bits per heavy atom. The molecule has 1 saturated heterocycles. The smallest absolute Gasteiger partial charge is 0.222 e. The highest BCUT2D eigenvalue weighted by molar-refractivity contribution is 5.85. The highest BCUT2D eigenvalue weighted by Gasteiger charge is 2.27. The molecule has 1 unspecified atom stereocenters. The molecule has 0 spiro atoms. The van der Waals surface area contributed by atoms with Gasteiger partial charge in [0.2, 0.25) is 5.91 Å². The first-order valence-corrected chi connectivity index (χ1v) is 7.53. The molecule has 0 saturated carbocycles. The summed E-state index contributed by atoms with van der Waals surface area (Å²) in [6.07, 6.45) is 2.17. The second-order valence-electron chi connectivity index (χ2n) is 5.61. The zero-order chi connectivity index (χ0) is 15.2. The minimum Gasteiger partial charge on any atom is -0.388 e. The lowest BCUT2D eigenvalue weighted by atomic mass is 9.87. The van der Waals surface area contributed by atoms with E-state index in [9.17, 15) is 14.3 Å². The molecule has 1 heterocycles. The van der Waals surface area contributed by atoms with Crippen molar-refractivity contribution in [2.75, 3.05) is 19.6 Å². The van der Waals surface area contributed by atoms with E-state index in [4.69, 9.17) is 5.73 Å². The van der Waals surface area contributed by atoms with Crippen molar-refractivity contribution in [3.63, 3.8) is 0 Å². The normalized spacial score (nSPS) is 17.0. The van der Waals surface area contributed by atoms with Gasteiger partial charge in [0.05, 0.1) is 6.10 Å². The Hall–Kier alpha value is -1.17. The van der Waals surface area contributed by atoms with Crippen molar-refractivity contribution >= 4 is 18.3 Å². The third-order valence-electron chi connectivity index (χ3n) is 4.15. The lowest BCUT2D eigenvalue weighted by molar-refractivity contribution is -0.133. The molecule has 1 aromatic rings. The molecule has 0 bridgehead atoms. The average Bonchev–Trinajstić information content (AvgIpc) is 2.53. The molecule has 0 aliphatic carbocycles. The zero-order valence-corrected chi connectivity index (χ0v) is 13.4. The maximum Gasteiger partial charge on any atom is 0.222 e. The van der Waals surface area contributed by atoms with Gasteiger partial charge in [-0.25, -0.2) is 4.39 Å². The van der Waals surface area contributed by atoms with Crippen molar-refractivity contribution in [2.24, 2.45) is 11.7 Å². The van der Waals surface area contributed by atoms with E-state index in [1.807, 2.05) is 4.90 Å². The number of rotatable bonds is 5. The number of likely N-dealkylation sites (tertiary alicyclic amines) is 1. The summed E-state index contributed by atoms with van der Waals surface area (Å²) in [6, 6.07) is 5.98. The van der Waals surface area contributed by atoms with Crippen molar-refractivity contribution in [2.45, 2.75) is 31.8 Å². The number of amides is 1. The number of aliphatic hydroxyl groups is 1. The number of nitrogens with zero attached hydrogens (tertiary/aromatic N) is 1. The number of piperidine rings is 1. The van der Waals surface area contributed by atoms with Gasteiger partial charge < -0.3 is 15.7 Å². The summed E-state index contributed by atoms with van der Waals surface area (Å²) in [7, 11) is 0. The van der Waals surface area contributed by atoms with Gasteiger partial charge in [-0.05, 0) is 49.4 Å². The van der Waals surface area contributed by atoms with Crippen LogP contribution in [0.2, 0.25) is 0 Å². The van der Waals surface area contributed by atoms with Crippen LogP contribution in [0.15, 0.2) is 24.3 Å². The van der Waals surface area contributed by atoms with Crippen molar-refractivity contribution < 1.29 is 14.3 Å². The molecule has 1 fully saturated rings. The molecule has 124 valence electrons. The third-order valence-corrected chi connectivity index (χ3v) is 4.15. The number of aliphatic hydroxyl groups excluding tert-OH is 1. The molecule has 1 amide bonds. The van der Waals surface area contributed by atoms with E-state index in [1.54, 1.807) is 12.1 Å². The van der Waals surface area contributed by atoms with Crippen LogP contribution in [-0.2, 0) is 4.79 Å².